The van der Waals surface area contributed by atoms with Crippen molar-refractivity contribution in [1.29, 1.82) is 0 Å². The maximum absolute atomic E-state index is 12.6. The van der Waals surface area contributed by atoms with E-state index >= 15 is 0 Å². The van der Waals surface area contributed by atoms with Crippen LogP contribution in [-0.2, 0) is 13.2 Å². The summed E-state index contributed by atoms with van der Waals surface area (Å²) >= 11 is 10.8. The first-order chi connectivity index (χ1) is 15.0. The highest BCUT2D eigenvalue weighted by atomic mass is 79.9. The largest absolute Gasteiger partial charge is 0.489 e. The molecule has 1 amide bonds. The molecular formula is C23H19BrClN3O2S. The summed E-state index contributed by atoms with van der Waals surface area (Å²) in [5, 5.41) is 9.84. The van der Waals surface area contributed by atoms with E-state index in [0.29, 0.717) is 28.7 Å². The van der Waals surface area contributed by atoms with Crippen molar-refractivity contribution in [2.75, 3.05) is 5.32 Å². The van der Waals surface area contributed by atoms with E-state index in [4.69, 9.17) is 16.3 Å². The number of hydrogen-bond donors (Lipinski definition) is 1. The Balaban J connectivity index is 1.33. The number of carbonyl (C=O) groups excluding carboxylic acids is 1. The average molecular weight is 517 g/mol. The number of thiophene rings is 1. The summed E-state index contributed by atoms with van der Waals surface area (Å²) < 4.78 is 8.68. The van der Waals surface area contributed by atoms with E-state index < -0.39 is 0 Å². The number of halogens is 2. The molecule has 0 aliphatic rings. The second-order valence-electron chi connectivity index (χ2n) is 7.02. The van der Waals surface area contributed by atoms with Crippen LogP contribution < -0.4 is 10.1 Å². The number of carbonyl (C=O) groups is 1. The molecule has 158 valence electrons. The summed E-state index contributed by atoms with van der Waals surface area (Å²) in [4.78, 5) is 13.2. The fourth-order valence-corrected chi connectivity index (χ4v) is 4.27. The van der Waals surface area contributed by atoms with Crippen molar-refractivity contribution in [1.82, 2.24) is 9.78 Å². The molecule has 4 rings (SSSR count). The zero-order valence-corrected chi connectivity index (χ0v) is 19.8. The highest BCUT2D eigenvalue weighted by Crippen LogP contribution is 2.24. The van der Waals surface area contributed by atoms with Crippen molar-refractivity contribution in [2.24, 2.45) is 0 Å². The second kappa shape index (κ2) is 9.68. The third-order valence-electron chi connectivity index (χ3n) is 4.56. The third kappa shape index (κ3) is 5.76. The Morgan fingerprint density at radius 1 is 1.19 bits per heavy atom. The monoisotopic (exact) mass is 515 g/mol. The van der Waals surface area contributed by atoms with Gasteiger partial charge in [0.2, 0.25) is 0 Å². The molecule has 0 spiro atoms. The molecule has 1 N–H and O–H groups in total. The molecular weight excluding hydrogens is 498 g/mol. The number of benzene rings is 2. The Labute approximate surface area is 197 Å². The molecule has 2 aromatic heterocycles. The molecule has 0 atom stereocenters. The Morgan fingerprint density at radius 2 is 2.00 bits per heavy atom. The average Bonchev–Trinajstić information content (AvgIpc) is 3.39. The summed E-state index contributed by atoms with van der Waals surface area (Å²) in [6.07, 6.45) is 3.47. The number of anilines is 1. The van der Waals surface area contributed by atoms with Gasteiger partial charge in [0.25, 0.3) is 5.91 Å². The highest BCUT2D eigenvalue weighted by Gasteiger charge is 2.12. The van der Waals surface area contributed by atoms with Crippen molar-refractivity contribution in [3.05, 3.63) is 97.4 Å². The van der Waals surface area contributed by atoms with E-state index in [2.05, 4.69) is 26.3 Å². The number of amides is 1. The van der Waals surface area contributed by atoms with Crippen LogP contribution in [0.1, 0.15) is 26.4 Å². The molecule has 31 heavy (non-hydrogen) atoms. The van der Waals surface area contributed by atoms with Gasteiger partial charge in [-0.2, -0.15) is 5.10 Å². The summed E-state index contributed by atoms with van der Waals surface area (Å²) in [6, 6.07) is 15.4. The Bertz CT molecular complexity index is 1200. The molecule has 5 nitrogen and oxygen atoms in total. The normalized spacial score (nSPS) is 10.8. The number of ether oxygens (including phenoxy) is 1. The van der Waals surface area contributed by atoms with Gasteiger partial charge in [-0.3, -0.25) is 9.48 Å². The number of aromatic nitrogens is 2. The Kier molecular flexibility index (Phi) is 6.75. The van der Waals surface area contributed by atoms with Gasteiger partial charge in [-0.1, -0.05) is 39.7 Å². The van der Waals surface area contributed by atoms with E-state index in [1.165, 1.54) is 11.3 Å². The van der Waals surface area contributed by atoms with Gasteiger partial charge >= 0.3 is 0 Å². The zero-order valence-electron chi connectivity index (χ0n) is 16.6. The summed E-state index contributed by atoms with van der Waals surface area (Å²) in [6.45, 7) is 2.97. The van der Waals surface area contributed by atoms with Gasteiger partial charge in [0, 0.05) is 21.3 Å². The molecule has 0 fully saturated rings. The number of nitrogens with zero attached hydrogens (tertiary/aromatic N) is 2. The SMILES string of the molecule is Cc1cc(Cl)ccc1OCc1csc(C(=O)Nc2cnn(Cc3ccc(Br)cc3)c2)c1. The summed E-state index contributed by atoms with van der Waals surface area (Å²) in [5.74, 6) is 0.613. The van der Waals surface area contributed by atoms with Crippen LogP contribution in [0.15, 0.2) is 70.8 Å². The topological polar surface area (TPSA) is 56.1 Å². The summed E-state index contributed by atoms with van der Waals surface area (Å²) in [7, 11) is 0. The first-order valence-corrected chi connectivity index (χ1v) is 11.6. The number of rotatable bonds is 7. The van der Waals surface area contributed by atoms with Crippen LogP contribution >= 0.6 is 38.9 Å². The fourth-order valence-electron chi connectivity index (χ4n) is 2.99. The van der Waals surface area contributed by atoms with Gasteiger partial charge in [-0.15, -0.1) is 11.3 Å². The molecule has 0 aliphatic heterocycles. The first kappa shape index (κ1) is 21.6. The third-order valence-corrected chi connectivity index (χ3v) is 6.30. The van der Waals surface area contributed by atoms with Gasteiger partial charge in [0.1, 0.15) is 12.4 Å². The van der Waals surface area contributed by atoms with Crippen molar-refractivity contribution >= 4 is 50.5 Å². The lowest BCUT2D eigenvalue weighted by molar-refractivity contribution is 0.103. The lowest BCUT2D eigenvalue weighted by atomic mass is 10.2. The molecule has 4 aromatic rings. The molecule has 0 unspecified atom stereocenters. The first-order valence-electron chi connectivity index (χ1n) is 9.51. The minimum Gasteiger partial charge on any atom is -0.489 e. The lowest BCUT2D eigenvalue weighted by Gasteiger charge is -2.08. The highest BCUT2D eigenvalue weighted by molar-refractivity contribution is 9.10. The molecule has 0 bridgehead atoms. The van der Waals surface area contributed by atoms with Crippen LogP contribution in [0.3, 0.4) is 0 Å². The molecule has 2 heterocycles. The van der Waals surface area contributed by atoms with Gasteiger partial charge in [-0.25, -0.2) is 0 Å². The number of hydrogen-bond acceptors (Lipinski definition) is 4. The molecule has 0 saturated carbocycles. The Morgan fingerprint density at radius 3 is 2.77 bits per heavy atom. The summed E-state index contributed by atoms with van der Waals surface area (Å²) in [5.41, 5.74) is 3.70. The maximum Gasteiger partial charge on any atom is 0.265 e. The molecule has 0 radical (unpaired) electrons. The predicted molar refractivity (Wildman–Crippen MR) is 128 cm³/mol. The van der Waals surface area contributed by atoms with E-state index in [0.717, 1.165) is 26.9 Å². The lowest BCUT2D eigenvalue weighted by Crippen LogP contribution is -2.09. The minimum absolute atomic E-state index is 0.165. The zero-order chi connectivity index (χ0) is 21.8. The molecule has 8 heteroatoms. The van der Waals surface area contributed by atoms with Crippen LogP contribution in [-0.4, -0.2) is 15.7 Å². The van der Waals surface area contributed by atoms with Crippen molar-refractivity contribution in [2.45, 2.75) is 20.1 Å². The van der Waals surface area contributed by atoms with Crippen molar-refractivity contribution in [3.63, 3.8) is 0 Å². The molecule has 0 aliphatic carbocycles. The Hall–Kier alpha value is -2.61. The van der Waals surface area contributed by atoms with Crippen LogP contribution in [0.25, 0.3) is 0 Å². The van der Waals surface area contributed by atoms with Gasteiger partial charge in [0.15, 0.2) is 0 Å². The van der Waals surface area contributed by atoms with Gasteiger partial charge in [-0.05, 0) is 59.8 Å². The van der Waals surface area contributed by atoms with E-state index in [-0.39, 0.29) is 5.91 Å². The second-order valence-corrected chi connectivity index (χ2v) is 9.29. The minimum atomic E-state index is -0.165. The maximum atomic E-state index is 12.6. The quantitative estimate of drug-likeness (QED) is 0.303. The fraction of sp³-hybridized carbons (Fsp3) is 0.130. The van der Waals surface area contributed by atoms with Crippen LogP contribution in [0.4, 0.5) is 5.69 Å². The number of aryl methyl sites for hydroxylation is 1. The van der Waals surface area contributed by atoms with Crippen molar-refractivity contribution < 1.29 is 9.53 Å². The predicted octanol–water partition coefficient (Wildman–Crippen LogP) is 6.55. The smallest absolute Gasteiger partial charge is 0.265 e. The van der Waals surface area contributed by atoms with Crippen LogP contribution in [0.2, 0.25) is 5.02 Å². The standard InChI is InChI=1S/C23H19BrClN3O2S/c1-15-8-19(25)6-7-21(15)30-13-17-9-22(31-14-17)23(29)27-20-10-26-28(12-20)11-16-2-4-18(24)5-3-16/h2-10,12,14H,11,13H2,1H3,(H,27,29). The molecule has 2 aromatic carbocycles. The van der Waals surface area contributed by atoms with E-state index in [9.17, 15) is 4.79 Å². The van der Waals surface area contributed by atoms with Gasteiger partial charge < -0.3 is 10.1 Å². The molecule has 0 saturated heterocycles. The van der Waals surface area contributed by atoms with Crippen LogP contribution in [0.5, 0.6) is 5.75 Å². The van der Waals surface area contributed by atoms with Gasteiger partial charge in [0.05, 0.1) is 23.3 Å². The number of nitrogens with one attached hydrogen (secondary N) is 1. The van der Waals surface area contributed by atoms with E-state index in [1.54, 1.807) is 16.9 Å². The van der Waals surface area contributed by atoms with E-state index in [1.807, 2.05) is 61.0 Å². The van der Waals surface area contributed by atoms with Crippen molar-refractivity contribution in [3.8, 4) is 5.75 Å². The van der Waals surface area contributed by atoms with Crippen LogP contribution in [0, 0.1) is 6.92 Å².